The number of nitrogens with zero attached hydrogens (tertiary/aromatic N) is 3. The lowest BCUT2D eigenvalue weighted by atomic mass is 9.64. The fraction of sp³-hybridized carbons (Fsp3) is 0.731. The van der Waals surface area contributed by atoms with Crippen molar-refractivity contribution in [2.45, 2.75) is 82.7 Å². The Morgan fingerprint density at radius 2 is 1.85 bits per heavy atom. The fourth-order valence-electron chi connectivity index (χ4n) is 6.49. The molecular formula is C26H41N3O5. The molecule has 0 aliphatic carbocycles. The summed E-state index contributed by atoms with van der Waals surface area (Å²) in [6, 6.07) is -1.52. The molecule has 2 bridgehead atoms. The first-order valence-electron chi connectivity index (χ1n) is 12.5. The molecule has 0 aromatic carbocycles. The minimum absolute atomic E-state index is 0.109. The number of likely N-dealkylation sites (N-methyl/N-ethyl adjacent to an activating group) is 1. The van der Waals surface area contributed by atoms with Crippen molar-refractivity contribution < 1.29 is 24.2 Å². The maximum atomic E-state index is 14.1. The first-order chi connectivity index (χ1) is 16.1. The molecule has 3 aliphatic heterocycles. The van der Waals surface area contributed by atoms with E-state index in [0.29, 0.717) is 38.8 Å². The highest BCUT2D eigenvalue weighted by Crippen LogP contribution is 2.65. The van der Waals surface area contributed by atoms with Gasteiger partial charge in [-0.15, -0.1) is 13.2 Å². The Bertz CT molecular complexity index is 840. The zero-order chi connectivity index (χ0) is 25.4. The van der Waals surface area contributed by atoms with Crippen molar-refractivity contribution in [3.8, 4) is 0 Å². The summed E-state index contributed by atoms with van der Waals surface area (Å²) in [7, 11) is 1.71. The number of likely N-dealkylation sites (tertiary alicyclic amines) is 1. The number of hydrogen-bond donors (Lipinski definition) is 1. The van der Waals surface area contributed by atoms with Gasteiger partial charge in [-0.2, -0.15) is 0 Å². The minimum Gasteiger partial charge on any atom is -0.394 e. The third-order valence-electron chi connectivity index (χ3n) is 8.21. The van der Waals surface area contributed by atoms with E-state index in [-0.39, 0.29) is 30.4 Å². The predicted octanol–water partition coefficient (Wildman–Crippen LogP) is 1.98. The van der Waals surface area contributed by atoms with Gasteiger partial charge in [-0.25, -0.2) is 0 Å². The van der Waals surface area contributed by atoms with Gasteiger partial charge in [0.15, 0.2) is 0 Å². The van der Waals surface area contributed by atoms with Crippen LogP contribution in [-0.2, 0) is 19.1 Å². The number of ether oxygens (including phenoxy) is 1. The molecule has 3 fully saturated rings. The average molecular weight is 476 g/mol. The van der Waals surface area contributed by atoms with E-state index in [1.807, 2.05) is 27.7 Å². The molecule has 3 heterocycles. The summed E-state index contributed by atoms with van der Waals surface area (Å²) in [5.41, 5.74) is -1.87. The standard InChI is InChI=1S/C26H41N3O5/c1-8-14-27(7)22(31)19-20-23(32)29(18(10-3)16-30)21(24(33)28(15-9-2)17(5)6)26(20)13-12-25(19,11-4)34-26/h8-9,17-21,30H,1-2,10-16H2,3-7H3/t18-,19-,20-,21?,25+,26?/m0/s1. The second kappa shape index (κ2) is 9.82. The molecule has 1 N–H and O–H groups in total. The van der Waals surface area contributed by atoms with Crippen LogP contribution in [0.3, 0.4) is 0 Å². The summed E-state index contributed by atoms with van der Waals surface area (Å²) in [6.45, 7) is 15.7. The summed E-state index contributed by atoms with van der Waals surface area (Å²) in [6.07, 6.45) is 5.55. The minimum atomic E-state index is -1.09. The van der Waals surface area contributed by atoms with Gasteiger partial charge in [0.25, 0.3) is 0 Å². The molecule has 3 aliphatic rings. The molecule has 0 radical (unpaired) electrons. The van der Waals surface area contributed by atoms with Gasteiger partial charge in [-0.3, -0.25) is 14.4 Å². The molecule has 6 atom stereocenters. The van der Waals surface area contributed by atoms with Crippen LogP contribution in [0.4, 0.5) is 0 Å². The molecular weight excluding hydrogens is 434 g/mol. The number of fused-ring (bicyclic) bond motifs is 1. The summed E-state index contributed by atoms with van der Waals surface area (Å²) >= 11 is 0. The average Bonchev–Trinajstić information content (AvgIpc) is 3.41. The van der Waals surface area contributed by atoms with Crippen LogP contribution >= 0.6 is 0 Å². The van der Waals surface area contributed by atoms with Gasteiger partial charge in [-0.05, 0) is 39.5 Å². The zero-order valence-corrected chi connectivity index (χ0v) is 21.3. The van der Waals surface area contributed by atoms with Crippen molar-refractivity contribution in [3.05, 3.63) is 25.3 Å². The molecule has 8 heteroatoms. The predicted molar refractivity (Wildman–Crippen MR) is 130 cm³/mol. The van der Waals surface area contributed by atoms with Crippen LogP contribution in [0.1, 0.15) is 53.4 Å². The largest absolute Gasteiger partial charge is 0.394 e. The van der Waals surface area contributed by atoms with Crippen molar-refractivity contribution in [3.63, 3.8) is 0 Å². The van der Waals surface area contributed by atoms with E-state index in [0.717, 1.165) is 0 Å². The lowest BCUT2D eigenvalue weighted by molar-refractivity contribution is -0.158. The van der Waals surface area contributed by atoms with E-state index >= 15 is 0 Å². The Morgan fingerprint density at radius 3 is 2.35 bits per heavy atom. The third-order valence-corrected chi connectivity index (χ3v) is 8.21. The Balaban J connectivity index is 2.17. The summed E-state index contributed by atoms with van der Waals surface area (Å²) in [4.78, 5) is 46.7. The third kappa shape index (κ3) is 3.70. The van der Waals surface area contributed by atoms with Crippen LogP contribution in [0.2, 0.25) is 0 Å². The molecule has 0 saturated carbocycles. The molecule has 1 spiro atoms. The summed E-state index contributed by atoms with van der Waals surface area (Å²) in [5, 5.41) is 10.2. The topological polar surface area (TPSA) is 90.4 Å². The van der Waals surface area contributed by atoms with Crippen LogP contribution in [0.25, 0.3) is 0 Å². The highest BCUT2D eigenvalue weighted by Gasteiger charge is 2.79. The highest BCUT2D eigenvalue weighted by atomic mass is 16.5. The number of aliphatic hydroxyl groups is 1. The SMILES string of the molecule is C=CCN(C)C(=O)[C@@H]1[C@H]2C(=O)N([C@@H](CC)CO)C(C(=O)N(CC=C)C(C)C)C23CC[C@@]1(CC)O3. The molecule has 0 aromatic heterocycles. The first-order valence-corrected chi connectivity index (χ1v) is 12.5. The number of amides is 3. The summed E-state index contributed by atoms with van der Waals surface area (Å²) in [5.74, 6) is -2.06. The van der Waals surface area contributed by atoms with Gasteiger partial charge >= 0.3 is 0 Å². The van der Waals surface area contributed by atoms with Crippen LogP contribution < -0.4 is 0 Å². The van der Waals surface area contributed by atoms with E-state index in [1.165, 1.54) is 0 Å². The molecule has 2 unspecified atom stereocenters. The number of aliphatic hydroxyl groups excluding tert-OH is 1. The second-order valence-electron chi connectivity index (χ2n) is 10.2. The smallest absolute Gasteiger partial charge is 0.248 e. The van der Waals surface area contributed by atoms with Crippen molar-refractivity contribution in [2.24, 2.45) is 11.8 Å². The first kappa shape index (κ1) is 26.4. The maximum absolute atomic E-state index is 14.1. The summed E-state index contributed by atoms with van der Waals surface area (Å²) < 4.78 is 6.77. The number of carbonyl (C=O) groups excluding carboxylic acids is 3. The van der Waals surface area contributed by atoms with Gasteiger partial charge < -0.3 is 24.5 Å². The lowest BCUT2D eigenvalue weighted by Gasteiger charge is -2.40. The Hall–Kier alpha value is -2.19. The number of hydrogen-bond acceptors (Lipinski definition) is 5. The van der Waals surface area contributed by atoms with Crippen LogP contribution in [0.15, 0.2) is 25.3 Å². The van der Waals surface area contributed by atoms with E-state index < -0.39 is 35.1 Å². The van der Waals surface area contributed by atoms with Crippen LogP contribution in [0, 0.1) is 11.8 Å². The Morgan fingerprint density at radius 1 is 1.21 bits per heavy atom. The quantitative estimate of drug-likeness (QED) is 0.462. The van der Waals surface area contributed by atoms with Gasteiger partial charge in [0, 0.05) is 26.2 Å². The number of rotatable bonds is 11. The lowest BCUT2D eigenvalue weighted by Crippen LogP contribution is -2.59. The highest BCUT2D eigenvalue weighted by molar-refractivity contribution is 5.99. The molecule has 0 aromatic rings. The van der Waals surface area contributed by atoms with Gasteiger partial charge in [0.1, 0.15) is 11.6 Å². The zero-order valence-electron chi connectivity index (χ0n) is 21.3. The van der Waals surface area contributed by atoms with Crippen molar-refractivity contribution >= 4 is 17.7 Å². The fourth-order valence-corrected chi connectivity index (χ4v) is 6.49. The molecule has 8 nitrogen and oxygen atoms in total. The van der Waals surface area contributed by atoms with Gasteiger partial charge in [0.05, 0.1) is 30.1 Å². The molecule has 3 saturated heterocycles. The van der Waals surface area contributed by atoms with E-state index in [4.69, 9.17) is 4.74 Å². The van der Waals surface area contributed by atoms with Crippen LogP contribution in [0.5, 0.6) is 0 Å². The monoisotopic (exact) mass is 475 g/mol. The van der Waals surface area contributed by atoms with Crippen LogP contribution in [-0.4, -0.2) is 93.6 Å². The Kier molecular flexibility index (Phi) is 7.63. The molecule has 190 valence electrons. The van der Waals surface area contributed by atoms with Crippen molar-refractivity contribution in [1.82, 2.24) is 14.7 Å². The molecule has 3 rings (SSSR count). The van der Waals surface area contributed by atoms with Gasteiger partial charge in [-0.1, -0.05) is 26.0 Å². The molecule has 3 amide bonds. The second-order valence-corrected chi connectivity index (χ2v) is 10.2. The van der Waals surface area contributed by atoms with Crippen molar-refractivity contribution in [2.75, 3.05) is 26.7 Å². The number of carbonyl (C=O) groups is 3. The Labute approximate surface area is 203 Å². The van der Waals surface area contributed by atoms with E-state index in [1.54, 1.807) is 33.9 Å². The molecule has 34 heavy (non-hydrogen) atoms. The van der Waals surface area contributed by atoms with E-state index in [2.05, 4.69) is 13.2 Å². The van der Waals surface area contributed by atoms with Crippen molar-refractivity contribution in [1.29, 1.82) is 0 Å². The maximum Gasteiger partial charge on any atom is 0.248 e. The van der Waals surface area contributed by atoms with Gasteiger partial charge in [0.2, 0.25) is 17.7 Å². The van der Waals surface area contributed by atoms with E-state index in [9.17, 15) is 19.5 Å². The normalized spacial score (nSPS) is 32.6.